The molecule has 2 aromatic heterocycles. The summed E-state index contributed by atoms with van der Waals surface area (Å²) in [6.45, 7) is -0.0877. The molecule has 1 unspecified atom stereocenters. The number of anilines is 1. The summed E-state index contributed by atoms with van der Waals surface area (Å²) in [5, 5.41) is 10.1. The fourth-order valence-corrected chi connectivity index (χ4v) is 2.40. The molecule has 1 fully saturated rings. The molecule has 0 aliphatic carbocycles. The molecular weight excluding hydrogens is 379 g/mol. The van der Waals surface area contributed by atoms with Crippen molar-refractivity contribution in [2.45, 2.75) is 18.5 Å². The molecule has 1 saturated heterocycles. The Kier molecular flexibility index (Phi) is 8.73. The van der Waals surface area contributed by atoms with Crippen molar-refractivity contribution in [1.29, 1.82) is 0 Å². The summed E-state index contributed by atoms with van der Waals surface area (Å²) < 4.78 is 22.1. The van der Waals surface area contributed by atoms with Crippen molar-refractivity contribution in [1.82, 2.24) is 19.7 Å². The zero-order valence-electron chi connectivity index (χ0n) is 15.6. The van der Waals surface area contributed by atoms with Gasteiger partial charge < -0.3 is 37.8 Å². The Morgan fingerprint density at radius 1 is 1.40 bits per heavy atom. The van der Waals surface area contributed by atoms with Gasteiger partial charge in [-0.25, -0.2) is 15.0 Å². The number of ether oxygens (including phenoxy) is 2. The van der Waals surface area contributed by atoms with Crippen molar-refractivity contribution in [3.63, 3.8) is 0 Å². The van der Waals surface area contributed by atoms with Crippen LogP contribution in [0.4, 0.5) is 5.82 Å². The van der Waals surface area contributed by atoms with E-state index in [9.17, 15) is 9.67 Å². The van der Waals surface area contributed by atoms with E-state index in [2.05, 4.69) is 15.0 Å². The van der Waals surface area contributed by atoms with Crippen LogP contribution in [0.25, 0.3) is 11.2 Å². The van der Waals surface area contributed by atoms with Crippen molar-refractivity contribution in [3.05, 3.63) is 12.7 Å². The van der Waals surface area contributed by atoms with Gasteiger partial charge in [-0.3, -0.25) is 4.57 Å². The average molecular weight is 395 g/mol. The van der Waals surface area contributed by atoms with Crippen LogP contribution in [0, 0.1) is 0 Å². The third kappa shape index (κ3) is 5.58. The van der Waals surface area contributed by atoms with Crippen LogP contribution in [0.1, 0.15) is 2.85 Å². The maximum Gasteiger partial charge on any atom is 1.00 e. The van der Waals surface area contributed by atoms with E-state index in [1.165, 1.54) is 12.7 Å². The van der Waals surface area contributed by atoms with Gasteiger partial charge in [0.15, 0.2) is 11.3 Å². The number of nitrogens with zero attached hydrogens (tertiary/aromatic N) is 4. The second kappa shape index (κ2) is 9.40. The molecule has 15 heteroatoms. The molecule has 12 nitrogen and oxygen atoms in total. The minimum absolute atomic E-state index is 0. The van der Waals surface area contributed by atoms with Gasteiger partial charge in [0.1, 0.15) is 31.2 Å². The molecule has 0 aromatic carbocycles. The van der Waals surface area contributed by atoms with E-state index in [0.717, 1.165) is 4.73 Å². The number of aliphatic hydroxyl groups excluding tert-OH is 1. The van der Waals surface area contributed by atoms with Crippen molar-refractivity contribution in [3.8, 4) is 0 Å². The normalized spacial score (nSPS) is 23.1. The van der Waals surface area contributed by atoms with E-state index in [1.807, 2.05) is 0 Å². The van der Waals surface area contributed by atoms with E-state index in [4.69, 9.17) is 29.8 Å². The van der Waals surface area contributed by atoms with Crippen molar-refractivity contribution in [2.75, 3.05) is 18.7 Å². The predicted octanol–water partition coefficient (Wildman–Crippen LogP) is -7.69. The van der Waals surface area contributed by atoms with Crippen LogP contribution in [0.3, 0.4) is 0 Å². The third-order valence-electron chi connectivity index (χ3n) is 3.09. The van der Waals surface area contributed by atoms with Gasteiger partial charge in [0.05, 0.1) is 6.61 Å². The predicted molar refractivity (Wildman–Crippen MR) is 76.1 cm³/mol. The summed E-state index contributed by atoms with van der Waals surface area (Å²) in [4.78, 5) is 34.7. The first-order valence-electron chi connectivity index (χ1n) is 6.41. The van der Waals surface area contributed by atoms with Crippen LogP contribution in [0.15, 0.2) is 12.7 Å². The van der Waals surface area contributed by atoms with E-state index in [1.54, 1.807) is 0 Å². The zero-order chi connectivity index (χ0) is 16.6. The number of imidazole rings is 1. The average Bonchev–Trinajstić information content (AvgIpc) is 3.03. The molecule has 3 heterocycles. The van der Waals surface area contributed by atoms with E-state index in [-0.39, 0.29) is 80.0 Å². The fraction of sp³-hybridized carbons (Fsp3) is 0.500. The van der Waals surface area contributed by atoms with Gasteiger partial charge in [0.2, 0.25) is 5.65 Å². The molecule has 0 spiro atoms. The van der Waals surface area contributed by atoms with E-state index >= 15 is 0 Å². The van der Waals surface area contributed by atoms with Gasteiger partial charge >= 0.3 is 66.7 Å². The van der Waals surface area contributed by atoms with E-state index in [0.29, 0.717) is 5.52 Å². The summed E-state index contributed by atoms with van der Waals surface area (Å²) in [6.07, 6.45) is -1.60. The number of rotatable bonds is 5. The zero-order valence-corrected chi connectivity index (χ0v) is 18.5. The fourth-order valence-electron chi connectivity index (χ4n) is 2.02. The smallest absolute Gasteiger partial charge is 1.00 e. The first-order valence-corrected chi connectivity index (χ1v) is 8.21. The summed E-state index contributed by atoms with van der Waals surface area (Å²) in [7, 11) is -4.33. The second-order valence-corrected chi connectivity index (χ2v) is 6.39. The SMILES string of the molecule is Nc1ncnc2c1ncn2OC1OC[C@H](OCP(=O)(O)O)[C@H]1O.[H-].[H-].[Na+].[Na+]. The maximum absolute atomic E-state index is 10.8. The summed E-state index contributed by atoms with van der Waals surface area (Å²) >= 11 is 0. The minimum atomic E-state index is -4.33. The largest absolute Gasteiger partial charge is 1.00 e. The van der Waals surface area contributed by atoms with Gasteiger partial charge in [-0.05, 0) is 0 Å². The number of hydrogen-bond donors (Lipinski definition) is 4. The van der Waals surface area contributed by atoms with Crippen LogP contribution in [-0.4, -0.2) is 66.0 Å². The number of fused-ring (bicyclic) bond motifs is 1. The van der Waals surface area contributed by atoms with Gasteiger partial charge in [-0.1, -0.05) is 0 Å². The van der Waals surface area contributed by atoms with Crippen LogP contribution in [-0.2, 0) is 14.0 Å². The molecule has 0 saturated carbocycles. The number of hydrogen-bond acceptors (Lipinski definition) is 9. The van der Waals surface area contributed by atoms with Gasteiger partial charge in [0, 0.05) is 0 Å². The monoisotopic (exact) mass is 395 g/mol. The van der Waals surface area contributed by atoms with Crippen LogP contribution in [0.5, 0.6) is 0 Å². The maximum atomic E-state index is 10.8. The first kappa shape index (κ1) is 23.2. The molecule has 3 rings (SSSR count). The van der Waals surface area contributed by atoms with Crippen molar-refractivity contribution < 1.29 is 95.7 Å². The first-order chi connectivity index (χ1) is 10.8. The number of aromatic nitrogens is 4. The van der Waals surface area contributed by atoms with E-state index < -0.39 is 32.4 Å². The molecule has 0 bridgehead atoms. The van der Waals surface area contributed by atoms with Gasteiger partial charge in [-0.2, -0.15) is 0 Å². The van der Waals surface area contributed by atoms with Crippen LogP contribution < -0.4 is 69.7 Å². The van der Waals surface area contributed by atoms with Crippen molar-refractivity contribution in [2.24, 2.45) is 0 Å². The van der Waals surface area contributed by atoms with Crippen LogP contribution >= 0.6 is 7.60 Å². The van der Waals surface area contributed by atoms with Crippen molar-refractivity contribution >= 4 is 24.6 Å². The Morgan fingerprint density at radius 3 is 2.80 bits per heavy atom. The van der Waals surface area contributed by atoms with Gasteiger partial charge in [-0.15, -0.1) is 4.73 Å². The molecule has 0 amide bonds. The molecule has 2 aromatic rings. The Bertz CT molecular complexity index is 769. The molecule has 25 heavy (non-hydrogen) atoms. The summed E-state index contributed by atoms with van der Waals surface area (Å²) in [6, 6.07) is 0. The molecule has 0 radical (unpaired) electrons. The second-order valence-electron chi connectivity index (χ2n) is 4.80. The Morgan fingerprint density at radius 2 is 2.12 bits per heavy atom. The summed E-state index contributed by atoms with van der Waals surface area (Å²) in [5.74, 6) is 0.174. The topological polar surface area (TPSA) is 175 Å². The third-order valence-corrected chi connectivity index (χ3v) is 3.58. The minimum Gasteiger partial charge on any atom is -1.00 e. The number of aliphatic hydroxyl groups is 1. The molecule has 130 valence electrons. The molecule has 1 aliphatic rings. The number of nitrogens with two attached hydrogens (primary N) is 1. The summed E-state index contributed by atoms with van der Waals surface area (Å²) in [5.41, 5.74) is 6.26. The Balaban J connectivity index is 0. The number of nitrogen functional groups attached to an aromatic ring is 1. The standard InChI is InChI=1S/C10H14N5O7P.2Na.2H/c11-8-6-9(13-2-12-8)15(3-14-6)22-10-7(16)5(1-20-10)21-4-23(17,18)19;;;;/h2-3,5,7,10,16H,1,4H2,(H2,11,12,13)(H2,17,18,19);;;;/q;2*+1;2*-1/t5-,7+,10?;;;;/m0..../s1. The Labute approximate surface area is 188 Å². The van der Waals surface area contributed by atoms with Crippen LogP contribution in [0.2, 0.25) is 0 Å². The quantitative estimate of drug-likeness (QED) is 0.279. The molecule has 3 atom stereocenters. The molecule has 5 N–H and O–H groups in total. The molecular formula is C10H16N5Na2O7P. The van der Waals surface area contributed by atoms with Gasteiger partial charge in [0.25, 0.3) is 6.29 Å². The Hall–Kier alpha value is 0.180. The molecule has 1 aliphatic heterocycles.